The van der Waals surface area contributed by atoms with Gasteiger partial charge in [-0.1, -0.05) is 11.8 Å². The van der Waals surface area contributed by atoms with Gasteiger partial charge in [0, 0.05) is 18.7 Å². The first kappa shape index (κ1) is 19.7. The number of methoxy groups -OCH3 is 1. The molecule has 2 heterocycles. The standard InChI is InChI=1S/C17H22N4O4S2/c1-11(16(22)18-13-8-9-27(23,24)10-13)26-17-20-19-15(21(17)2)12-4-6-14(25-3)7-5-12/h4-7,11,13H,8-10H2,1-3H3,(H,18,22)/t11-,13+/m1/s1. The van der Waals surface area contributed by atoms with Crippen molar-refractivity contribution in [2.24, 2.45) is 7.05 Å². The summed E-state index contributed by atoms with van der Waals surface area (Å²) in [5.41, 5.74) is 0.894. The number of rotatable bonds is 6. The molecular weight excluding hydrogens is 388 g/mol. The van der Waals surface area contributed by atoms with Crippen LogP contribution in [0.2, 0.25) is 0 Å². The second kappa shape index (κ2) is 7.89. The van der Waals surface area contributed by atoms with E-state index < -0.39 is 15.1 Å². The van der Waals surface area contributed by atoms with E-state index in [1.54, 1.807) is 14.0 Å². The molecule has 0 saturated carbocycles. The van der Waals surface area contributed by atoms with Crippen LogP contribution in [0.4, 0.5) is 0 Å². The number of aromatic nitrogens is 3. The maximum Gasteiger partial charge on any atom is 0.233 e. The predicted octanol–water partition coefficient (Wildman–Crippen LogP) is 1.27. The van der Waals surface area contributed by atoms with Crippen molar-refractivity contribution in [3.8, 4) is 17.1 Å². The molecule has 8 nitrogen and oxygen atoms in total. The summed E-state index contributed by atoms with van der Waals surface area (Å²) in [5, 5.41) is 11.4. The molecule has 3 rings (SSSR count). The lowest BCUT2D eigenvalue weighted by Gasteiger charge is -2.15. The molecular formula is C17H22N4O4S2. The van der Waals surface area contributed by atoms with Gasteiger partial charge in [-0.2, -0.15) is 0 Å². The number of benzene rings is 1. The van der Waals surface area contributed by atoms with Crippen molar-refractivity contribution in [3.05, 3.63) is 24.3 Å². The lowest BCUT2D eigenvalue weighted by molar-refractivity contribution is -0.120. The second-order valence-corrected chi connectivity index (χ2v) is 10.00. The van der Waals surface area contributed by atoms with Gasteiger partial charge < -0.3 is 14.6 Å². The average Bonchev–Trinajstić information content (AvgIpc) is 3.17. The first-order chi connectivity index (χ1) is 12.8. The van der Waals surface area contributed by atoms with Gasteiger partial charge in [-0.05, 0) is 37.6 Å². The number of ether oxygens (including phenoxy) is 1. The molecule has 2 atom stereocenters. The third-order valence-corrected chi connectivity index (χ3v) is 7.32. The maximum atomic E-state index is 12.4. The molecule has 27 heavy (non-hydrogen) atoms. The number of hydrogen-bond donors (Lipinski definition) is 1. The Morgan fingerprint density at radius 2 is 2.04 bits per heavy atom. The van der Waals surface area contributed by atoms with E-state index in [1.807, 2.05) is 35.9 Å². The van der Waals surface area contributed by atoms with Crippen molar-refractivity contribution in [1.29, 1.82) is 0 Å². The van der Waals surface area contributed by atoms with E-state index in [0.29, 0.717) is 17.4 Å². The minimum atomic E-state index is -3.02. The fourth-order valence-electron chi connectivity index (χ4n) is 2.85. The van der Waals surface area contributed by atoms with Crippen LogP contribution in [0.3, 0.4) is 0 Å². The Labute approximate surface area is 162 Å². The number of sulfone groups is 1. The van der Waals surface area contributed by atoms with E-state index in [9.17, 15) is 13.2 Å². The molecule has 1 saturated heterocycles. The van der Waals surface area contributed by atoms with Gasteiger partial charge in [-0.25, -0.2) is 8.42 Å². The SMILES string of the molecule is COc1ccc(-c2nnc(S[C@H](C)C(=O)N[C@H]3CCS(=O)(=O)C3)n2C)cc1. The van der Waals surface area contributed by atoms with Crippen LogP contribution in [-0.4, -0.2) is 59.0 Å². The average molecular weight is 411 g/mol. The highest BCUT2D eigenvalue weighted by Gasteiger charge is 2.30. The first-order valence-corrected chi connectivity index (χ1v) is 11.2. The molecule has 146 valence electrons. The van der Waals surface area contributed by atoms with E-state index in [-0.39, 0.29) is 23.5 Å². The number of carbonyl (C=O) groups excluding carboxylic acids is 1. The number of thioether (sulfide) groups is 1. The van der Waals surface area contributed by atoms with Crippen molar-refractivity contribution in [2.45, 2.75) is 29.8 Å². The van der Waals surface area contributed by atoms with Crippen LogP contribution < -0.4 is 10.1 Å². The molecule has 0 bridgehead atoms. The molecule has 0 unspecified atom stereocenters. The third-order valence-electron chi connectivity index (χ3n) is 4.41. The summed E-state index contributed by atoms with van der Waals surface area (Å²) in [4.78, 5) is 12.4. The molecule has 1 amide bonds. The number of nitrogens with zero attached hydrogens (tertiary/aromatic N) is 3. The van der Waals surface area contributed by atoms with Crippen molar-refractivity contribution < 1.29 is 17.9 Å². The van der Waals surface area contributed by atoms with E-state index >= 15 is 0 Å². The number of carbonyl (C=O) groups is 1. The van der Waals surface area contributed by atoms with Crippen LogP contribution in [0.25, 0.3) is 11.4 Å². The highest BCUT2D eigenvalue weighted by Crippen LogP contribution is 2.27. The van der Waals surface area contributed by atoms with Gasteiger partial charge in [-0.15, -0.1) is 10.2 Å². The Bertz CT molecular complexity index is 925. The Kier molecular flexibility index (Phi) is 5.75. The van der Waals surface area contributed by atoms with Crippen molar-refractivity contribution >= 4 is 27.5 Å². The zero-order valence-corrected chi connectivity index (χ0v) is 17.0. The topological polar surface area (TPSA) is 103 Å². The van der Waals surface area contributed by atoms with Crippen LogP contribution >= 0.6 is 11.8 Å². The number of amides is 1. The van der Waals surface area contributed by atoms with Gasteiger partial charge in [0.2, 0.25) is 5.91 Å². The second-order valence-electron chi connectivity index (χ2n) is 6.46. The van der Waals surface area contributed by atoms with Gasteiger partial charge in [-0.3, -0.25) is 4.79 Å². The van der Waals surface area contributed by atoms with Crippen LogP contribution in [0.15, 0.2) is 29.4 Å². The zero-order valence-electron chi connectivity index (χ0n) is 15.4. The Hall–Kier alpha value is -2.07. The first-order valence-electron chi connectivity index (χ1n) is 8.50. The lowest BCUT2D eigenvalue weighted by atomic mass is 10.2. The van der Waals surface area contributed by atoms with Crippen molar-refractivity contribution in [2.75, 3.05) is 18.6 Å². The summed E-state index contributed by atoms with van der Waals surface area (Å²) in [6, 6.07) is 7.19. The fourth-order valence-corrected chi connectivity index (χ4v) is 5.35. The molecule has 2 aromatic rings. The summed E-state index contributed by atoms with van der Waals surface area (Å²) >= 11 is 1.29. The van der Waals surface area contributed by atoms with Crippen molar-refractivity contribution in [3.63, 3.8) is 0 Å². The molecule has 1 aromatic carbocycles. The zero-order chi connectivity index (χ0) is 19.6. The molecule has 1 aromatic heterocycles. The Balaban J connectivity index is 1.65. The third kappa shape index (κ3) is 4.62. The monoisotopic (exact) mass is 410 g/mol. The molecule has 1 fully saturated rings. The summed E-state index contributed by atoms with van der Waals surface area (Å²) in [6.45, 7) is 1.77. The van der Waals surface area contributed by atoms with Gasteiger partial charge in [0.05, 0.1) is 23.9 Å². The van der Waals surface area contributed by atoms with E-state index in [2.05, 4.69) is 15.5 Å². The predicted molar refractivity (Wildman–Crippen MR) is 104 cm³/mol. The molecule has 0 aliphatic carbocycles. The fraction of sp³-hybridized carbons (Fsp3) is 0.471. The Morgan fingerprint density at radius 1 is 1.33 bits per heavy atom. The molecule has 1 aliphatic rings. The minimum absolute atomic E-state index is 0.0156. The van der Waals surface area contributed by atoms with Gasteiger partial charge >= 0.3 is 0 Å². The smallest absolute Gasteiger partial charge is 0.233 e. The Morgan fingerprint density at radius 3 is 2.63 bits per heavy atom. The van der Waals surface area contributed by atoms with Crippen molar-refractivity contribution in [1.82, 2.24) is 20.1 Å². The molecule has 0 radical (unpaired) electrons. The molecule has 1 N–H and O–H groups in total. The quantitative estimate of drug-likeness (QED) is 0.716. The minimum Gasteiger partial charge on any atom is -0.497 e. The van der Waals surface area contributed by atoms with Crippen LogP contribution in [0.1, 0.15) is 13.3 Å². The summed E-state index contributed by atoms with van der Waals surface area (Å²) in [7, 11) is 0.432. The highest BCUT2D eigenvalue weighted by atomic mass is 32.2. The van der Waals surface area contributed by atoms with Crippen LogP contribution in [-0.2, 0) is 21.7 Å². The van der Waals surface area contributed by atoms with Crippen LogP contribution in [0, 0.1) is 0 Å². The summed E-state index contributed by atoms with van der Waals surface area (Å²) < 4.78 is 30.0. The largest absolute Gasteiger partial charge is 0.497 e. The maximum absolute atomic E-state index is 12.4. The number of nitrogens with one attached hydrogen (secondary N) is 1. The van der Waals surface area contributed by atoms with E-state index in [0.717, 1.165) is 11.3 Å². The molecule has 0 spiro atoms. The normalized spacial score (nSPS) is 19.6. The lowest BCUT2D eigenvalue weighted by Crippen LogP contribution is -2.40. The van der Waals surface area contributed by atoms with Gasteiger partial charge in [0.1, 0.15) is 5.75 Å². The number of hydrogen-bond acceptors (Lipinski definition) is 7. The van der Waals surface area contributed by atoms with Gasteiger partial charge in [0.25, 0.3) is 0 Å². The summed E-state index contributed by atoms with van der Waals surface area (Å²) in [6.07, 6.45) is 0.469. The highest BCUT2D eigenvalue weighted by molar-refractivity contribution is 8.00. The van der Waals surface area contributed by atoms with Crippen LogP contribution in [0.5, 0.6) is 5.75 Å². The van der Waals surface area contributed by atoms with E-state index in [4.69, 9.17) is 4.74 Å². The van der Waals surface area contributed by atoms with Gasteiger partial charge in [0.15, 0.2) is 20.8 Å². The molecule has 1 aliphatic heterocycles. The summed E-state index contributed by atoms with van der Waals surface area (Å²) in [5.74, 6) is 1.40. The van der Waals surface area contributed by atoms with E-state index in [1.165, 1.54) is 11.8 Å². The molecule has 10 heteroatoms.